The normalized spacial score (nSPS) is 12.9. The van der Waals surface area contributed by atoms with Crippen molar-refractivity contribution < 1.29 is 4.79 Å². The summed E-state index contributed by atoms with van der Waals surface area (Å²) in [5.41, 5.74) is 1.33. The standard InChI is InChI=1S/C13H13N3O/c1-10(7-14)16(11(2)8-15)13-5-3-12(9-17)4-6-13/h3-6,9-11H,1-2H3. The van der Waals surface area contributed by atoms with Crippen molar-refractivity contribution in [2.45, 2.75) is 25.9 Å². The molecule has 1 aromatic carbocycles. The minimum absolute atomic E-state index is 0.397. The molecule has 0 aliphatic heterocycles. The van der Waals surface area contributed by atoms with Crippen molar-refractivity contribution in [3.8, 4) is 12.1 Å². The summed E-state index contributed by atoms with van der Waals surface area (Å²) in [4.78, 5) is 12.3. The quantitative estimate of drug-likeness (QED) is 0.739. The number of hydrogen-bond donors (Lipinski definition) is 0. The molecule has 86 valence electrons. The molecule has 2 atom stereocenters. The zero-order chi connectivity index (χ0) is 12.8. The third kappa shape index (κ3) is 2.83. The zero-order valence-electron chi connectivity index (χ0n) is 9.79. The van der Waals surface area contributed by atoms with Crippen molar-refractivity contribution in [3.63, 3.8) is 0 Å². The van der Waals surface area contributed by atoms with Gasteiger partial charge in [0, 0.05) is 11.3 Å². The van der Waals surface area contributed by atoms with Crippen LogP contribution in [0.1, 0.15) is 24.2 Å². The molecule has 0 amide bonds. The number of benzene rings is 1. The lowest BCUT2D eigenvalue weighted by atomic mass is 10.1. The molecule has 0 heterocycles. The summed E-state index contributed by atoms with van der Waals surface area (Å²) >= 11 is 0. The number of rotatable bonds is 4. The van der Waals surface area contributed by atoms with E-state index < -0.39 is 12.1 Å². The fourth-order valence-electron chi connectivity index (χ4n) is 1.63. The molecule has 4 heteroatoms. The molecule has 1 aromatic rings. The number of anilines is 1. The van der Waals surface area contributed by atoms with Crippen molar-refractivity contribution in [1.29, 1.82) is 10.5 Å². The van der Waals surface area contributed by atoms with Gasteiger partial charge in [0.25, 0.3) is 0 Å². The van der Waals surface area contributed by atoms with Crippen LogP contribution >= 0.6 is 0 Å². The van der Waals surface area contributed by atoms with Crippen LogP contribution in [0.3, 0.4) is 0 Å². The van der Waals surface area contributed by atoms with Crippen LogP contribution < -0.4 is 4.90 Å². The summed E-state index contributed by atoms with van der Waals surface area (Å²) in [5.74, 6) is 0. The van der Waals surface area contributed by atoms with Crippen molar-refractivity contribution >= 4 is 12.0 Å². The predicted molar refractivity (Wildman–Crippen MR) is 64.5 cm³/mol. The summed E-state index contributed by atoms with van der Waals surface area (Å²) in [6, 6.07) is 10.3. The number of nitriles is 2. The first-order valence-electron chi connectivity index (χ1n) is 5.27. The van der Waals surface area contributed by atoms with Gasteiger partial charge in [0.15, 0.2) is 0 Å². The van der Waals surface area contributed by atoms with Gasteiger partial charge in [-0.15, -0.1) is 0 Å². The van der Waals surface area contributed by atoms with Gasteiger partial charge in [0.1, 0.15) is 18.4 Å². The Bertz CT molecular complexity index is 447. The molecule has 0 saturated carbocycles. The molecule has 0 aromatic heterocycles. The Kier molecular flexibility index (Phi) is 4.25. The van der Waals surface area contributed by atoms with Crippen LogP contribution in [0.25, 0.3) is 0 Å². The molecular formula is C13H13N3O. The zero-order valence-corrected chi connectivity index (χ0v) is 9.79. The Hall–Kier alpha value is -2.33. The van der Waals surface area contributed by atoms with E-state index in [9.17, 15) is 4.79 Å². The van der Waals surface area contributed by atoms with Crippen molar-refractivity contribution in [2.75, 3.05) is 4.90 Å². The Morgan fingerprint density at radius 3 is 1.94 bits per heavy atom. The molecule has 0 aliphatic carbocycles. The summed E-state index contributed by atoms with van der Waals surface area (Å²) in [6.07, 6.45) is 0.759. The first kappa shape index (κ1) is 12.7. The second-order valence-electron chi connectivity index (χ2n) is 3.73. The van der Waals surface area contributed by atoms with E-state index in [4.69, 9.17) is 10.5 Å². The Balaban J connectivity index is 3.10. The van der Waals surface area contributed by atoms with Gasteiger partial charge in [0.2, 0.25) is 0 Å². The Labute approximate surface area is 101 Å². The maximum atomic E-state index is 10.5. The van der Waals surface area contributed by atoms with Crippen LogP contribution in [0.15, 0.2) is 24.3 Å². The monoisotopic (exact) mass is 227 g/mol. The van der Waals surface area contributed by atoms with E-state index in [0.29, 0.717) is 5.56 Å². The third-order valence-electron chi connectivity index (χ3n) is 2.54. The molecule has 2 unspecified atom stereocenters. The van der Waals surface area contributed by atoms with Crippen molar-refractivity contribution in [2.24, 2.45) is 0 Å². The summed E-state index contributed by atoms with van der Waals surface area (Å²) in [5, 5.41) is 17.9. The molecule has 0 saturated heterocycles. The molecule has 0 bridgehead atoms. The molecule has 4 nitrogen and oxygen atoms in total. The topological polar surface area (TPSA) is 67.9 Å². The fourth-order valence-corrected chi connectivity index (χ4v) is 1.63. The SMILES string of the molecule is CC(C#N)N(c1ccc(C=O)cc1)C(C)C#N. The van der Waals surface area contributed by atoms with Crippen LogP contribution in [0.2, 0.25) is 0 Å². The minimum Gasteiger partial charge on any atom is -0.340 e. The van der Waals surface area contributed by atoms with E-state index in [1.165, 1.54) is 0 Å². The number of carbonyl (C=O) groups is 1. The molecular weight excluding hydrogens is 214 g/mol. The van der Waals surface area contributed by atoms with Gasteiger partial charge in [-0.2, -0.15) is 10.5 Å². The van der Waals surface area contributed by atoms with Gasteiger partial charge in [-0.25, -0.2) is 0 Å². The van der Waals surface area contributed by atoms with E-state index >= 15 is 0 Å². The second kappa shape index (κ2) is 5.67. The maximum absolute atomic E-state index is 10.5. The van der Waals surface area contributed by atoms with E-state index in [1.807, 2.05) is 0 Å². The van der Waals surface area contributed by atoms with Gasteiger partial charge >= 0.3 is 0 Å². The predicted octanol–water partition coefficient (Wildman–Crippen LogP) is 2.13. The van der Waals surface area contributed by atoms with Gasteiger partial charge < -0.3 is 4.90 Å². The highest BCUT2D eigenvalue weighted by Crippen LogP contribution is 2.20. The molecule has 0 fully saturated rings. The maximum Gasteiger partial charge on any atom is 0.150 e. The number of aldehydes is 1. The lowest BCUT2D eigenvalue weighted by molar-refractivity contribution is 0.112. The van der Waals surface area contributed by atoms with E-state index in [0.717, 1.165) is 12.0 Å². The van der Waals surface area contributed by atoms with E-state index in [-0.39, 0.29) is 0 Å². The van der Waals surface area contributed by atoms with Crippen LogP contribution in [-0.2, 0) is 0 Å². The summed E-state index contributed by atoms with van der Waals surface area (Å²) in [6.45, 7) is 3.48. The second-order valence-corrected chi connectivity index (χ2v) is 3.73. The lowest BCUT2D eigenvalue weighted by Gasteiger charge is -2.29. The lowest BCUT2D eigenvalue weighted by Crippen LogP contribution is -2.38. The molecule has 0 N–H and O–H groups in total. The van der Waals surface area contributed by atoms with Gasteiger partial charge in [0.05, 0.1) is 12.1 Å². The Morgan fingerprint density at radius 1 is 1.12 bits per heavy atom. The Morgan fingerprint density at radius 2 is 1.59 bits per heavy atom. The van der Waals surface area contributed by atoms with Gasteiger partial charge in [-0.05, 0) is 38.1 Å². The highest BCUT2D eigenvalue weighted by molar-refractivity contribution is 5.75. The average Bonchev–Trinajstić information content (AvgIpc) is 2.39. The largest absolute Gasteiger partial charge is 0.340 e. The number of hydrogen-bond acceptors (Lipinski definition) is 4. The van der Waals surface area contributed by atoms with Gasteiger partial charge in [-0.1, -0.05) is 0 Å². The minimum atomic E-state index is -0.397. The molecule has 0 spiro atoms. The molecule has 1 rings (SSSR count). The van der Waals surface area contributed by atoms with Crippen LogP contribution in [0.5, 0.6) is 0 Å². The van der Waals surface area contributed by atoms with Crippen LogP contribution in [0, 0.1) is 22.7 Å². The summed E-state index contributed by atoms with van der Waals surface area (Å²) < 4.78 is 0. The first-order valence-corrected chi connectivity index (χ1v) is 5.27. The molecule has 0 radical (unpaired) electrons. The van der Waals surface area contributed by atoms with Crippen LogP contribution in [-0.4, -0.2) is 18.4 Å². The molecule has 17 heavy (non-hydrogen) atoms. The van der Waals surface area contributed by atoms with Gasteiger partial charge in [-0.3, -0.25) is 4.79 Å². The third-order valence-corrected chi connectivity index (χ3v) is 2.54. The van der Waals surface area contributed by atoms with E-state index in [2.05, 4.69) is 12.1 Å². The average molecular weight is 227 g/mol. The van der Waals surface area contributed by atoms with Crippen molar-refractivity contribution in [1.82, 2.24) is 0 Å². The smallest absolute Gasteiger partial charge is 0.150 e. The molecule has 0 aliphatic rings. The van der Waals surface area contributed by atoms with E-state index in [1.54, 1.807) is 43.0 Å². The number of nitrogens with zero attached hydrogens (tertiary/aromatic N) is 3. The number of carbonyl (C=O) groups excluding carboxylic acids is 1. The highest BCUT2D eigenvalue weighted by Gasteiger charge is 2.19. The first-order chi connectivity index (χ1) is 8.13. The van der Waals surface area contributed by atoms with Crippen LogP contribution in [0.4, 0.5) is 5.69 Å². The summed E-state index contributed by atoms with van der Waals surface area (Å²) in [7, 11) is 0. The highest BCUT2D eigenvalue weighted by atomic mass is 16.1. The fraction of sp³-hybridized carbons (Fsp3) is 0.308. The van der Waals surface area contributed by atoms with Crippen molar-refractivity contribution in [3.05, 3.63) is 29.8 Å².